The summed E-state index contributed by atoms with van der Waals surface area (Å²) in [5.74, 6) is -0.490. The van der Waals surface area contributed by atoms with Gasteiger partial charge in [-0.2, -0.15) is 0 Å². The fraction of sp³-hybridized carbons (Fsp3) is 0.333. The van der Waals surface area contributed by atoms with Crippen molar-refractivity contribution in [3.63, 3.8) is 0 Å². The molecule has 1 amide bonds. The summed E-state index contributed by atoms with van der Waals surface area (Å²) in [6.07, 6.45) is 3.01. The molecule has 3 aromatic heterocycles. The zero-order chi connectivity index (χ0) is 16.8. The number of fused-ring (bicyclic) bond motifs is 1. The Bertz CT molecular complexity index is 946. The van der Waals surface area contributed by atoms with E-state index in [1.54, 1.807) is 6.20 Å². The largest absolute Gasteiger partial charge is 0.298 e. The Balaban J connectivity index is 1.90. The van der Waals surface area contributed by atoms with Crippen molar-refractivity contribution in [1.82, 2.24) is 14.4 Å². The van der Waals surface area contributed by atoms with Gasteiger partial charge in [-0.1, -0.05) is 20.8 Å². The quantitative estimate of drug-likeness (QED) is 0.772. The third-order valence-corrected chi connectivity index (χ3v) is 4.93. The van der Waals surface area contributed by atoms with Gasteiger partial charge in [-0.05, 0) is 6.92 Å². The molecule has 8 heteroatoms. The predicted octanol–water partition coefficient (Wildman–Crippen LogP) is 3.07. The number of thiazole rings is 2. The van der Waals surface area contributed by atoms with E-state index in [1.807, 2.05) is 12.3 Å². The molecule has 0 aliphatic heterocycles. The van der Waals surface area contributed by atoms with Gasteiger partial charge >= 0.3 is 0 Å². The molecule has 0 spiro atoms. The lowest BCUT2D eigenvalue weighted by atomic mass is 9.93. The lowest BCUT2D eigenvalue weighted by Gasteiger charge is -2.14. The Morgan fingerprint density at radius 2 is 2.09 bits per heavy atom. The van der Waals surface area contributed by atoms with Gasteiger partial charge in [0.2, 0.25) is 0 Å². The number of nitrogens with zero attached hydrogens (tertiary/aromatic N) is 3. The fourth-order valence-corrected chi connectivity index (χ4v) is 3.71. The lowest BCUT2D eigenvalue weighted by Crippen LogP contribution is -2.25. The number of hydrogen-bond acceptors (Lipinski definition) is 6. The van der Waals surface area contributed by atoms with Crippen LogP contribution in [0.3, 0.4) is 0 Å². The fourth-order valence-electron chi connectivity index (χ4n) is 1.99. The highest BCUT2D eigenvalue weighted by Gasteiger charge is 2.20. The number of rotatable bonds is 2. The number of aryl methyl sites for hydroxylation is 1. The van der Waals surface area contributed by atoms with E-state index in [1.165, 1.54) is 33.3 Å². The second kappa shape index (κ2) is 5.54. The van der Waals surface area contributed by atoms with Gasteiger partial charge in [-0.15, -0.1) is 22.7 Å². The van der Waals surface area contributed by atoms with E-state index < -0.39 is 5.91 Å². The minimum atomic E-state index is -0.490. The van der Waals surface area contributed by atoms with Gasteiger partial charge in [0, 0.05) is 28.1 Å². The number of carbonyl (C=O) groups excluding carboxylic acids is 1. The zero-order valence-electron chi connectivity index (χ0n) is 13.2. The van der Waals surface area contributed by atoms with Crippen molar-refractivity contribution in [1.29, 1.82) is 0 Å². The highest BCUT2D eigenvalue weighted by Crippen LogP contribution is 2.26. The zero-order valence-corrected chi connectivity index (χ0v) is 14.8. The Labute approximate surface area is 140 Å². The molecule has 0 radical (unpaired) electrons. The Morgan fingerprint density at radius 3 is 2.74 bits per heavy atom. The predicted molar refractivity (Wildman–Crippen MR) is 92.8 cm³/mol. The van der Waals surface area contributed by atoms with E-state index in [9.17, 15) is 9.59 Å². The average Bonchev–Trinajstić information content (AvgIpc) is 3.04. The molecule has 0 bridgehead atoms. The standard InChI is InChI=1S/C15H16N4O2S2/c1-8-6-19-12(21)9(5-16-14(19)23-8)11(20)18-13-17-10(7-22-13)15(2,3)4/h5-7H,1-4H3,(H,17,18,20). The van der Waals surface area contributed by atoms with Gasteiger partial charge in [0.05, 0.1) is 5.69 Å². The molecular weight excluding hydrogens is 332 g/mol. The van der Waals surface area contributed by atoms with Crippen molar-refractivity contribution in [2.45, 2.75) is 33.1 Å². The van der Waals surface area contributed by atoms with E-state index >= 15 is 0 Å². The summed E-state index contributed by atoms with van der Waals surface area (Å²) < 4.78 is 1.40. The maximum Gasteiger partial charge on any atom is 0.271 e. The van der Waals surface area contributed by atoms with Crippen LogP contribution in [-0.4, -0.2) is 20.3 Å². The van der Waals surface area contributed by atoms with Gasteiger partial charge in [-0.3, -0.25) is 19.3 Å². The molecule has 0 saturated carbocycles. The normalized spacial score (nSPS) is 11.8. The van der Waals surface area contributed by atoms with Crippen LogP contribution >= 0.6 is 22.7 Å². The second-order valence-corrected chi connectivity index (χ2v) is 8.28. The van der Waals surface area contributed by atoms with Crippen molar-refractivity contribution in [2.24, 2.45) is 0 Å². The first-order chi connectivity index (χ1) is 10.8. The molecule has 3 aromatic rings. The molecule has 0 aliphatic carbocycles. The molecule has 23 heavy (non-hydrogen) atoms. The van der Waals surface area contributed by atoms with Gasteiger partial charge < -0.3 is 0 Å². The van der Waals surface area contributed by atoms with Crippen LogP contribution in [0.2, 0.25) is 0 Å². The van der Waals surface area contributed by atoms with Crippen LogP contribution in [0, 0.1) is 6.92 Å². The summed E-state index contributed by atoms with van der Waals surface area (Å²) >= 11 is 2.75. The number of hydrogen-bond donors (Lipinski definition) is 1. The molecule has 3 rings (SSSR count). The average molecular weight is 348 g/mol. The van der Waals surface area contributed by atoms with Crippen LogP contribution in [0.25, 0.3) is 4.96 Å². The molecule has 1 N–H and O–H groups in total. The first kappa shape index (κ1) is 15.8. The third-order valence-electron chi connectivity index (χ3n) is 3.26. The number of anilines is 1. The molecular formula is C15H16N4O2S2. The van der Waals surface area contributed by atoms with Crippen molar-refractivity contribution in [3.05, 3.63) is 44.3 Å². The summed E-state index contributed by atoms with van der Waals surface area (Å²) in [4.78, 5) is 34.9. The minimum absolute atomic E-state index is 0.00723. The van der Waals surface area contributed by atoms with E-state index in [4.69, 9.17) is 0 Å². The molecule has 0 saturated heterocycles. The topological polar surface area (TPSA) is 76.4 Å². The Kier molecular flexibility index (Phi) is 3.81. The van der Waals surface area contributed by atoms with Crippen molar-refractivity contribution in [3.8, 4) is 0 Å². The van der Waals surface area contributed by atoms with Crippen LogP contribution < -0.4 is 10.9 Å². The number of carbonyl (C=O) groups is 1. The van der Waals surface area contributed by atoms with Crippen LogP contribution in [0.1, 0.15) is 41.7 Å². The summed E-state index contributed by atoms with van der Waals surface area (Å²) in [5.41, 5.74) is 0.446. The monoisotopic (exact) mass is 348 g/mol. The SMILES string of the molecule is Cc1cn2c(=O)c(C(=O)Nc3nc(C(C)(C)C)cs3)cnc2s1. The van der Waals surface area contributed by atoms with Crippen molar-refractivity contribution < 1.29 is 4.79 Å². The van der Waals surface area contributed by atoms with Crippen molar-refractivity contribution in [2.75, 3.05) is 5.32 Å². The van der Waals surface area contributed by atoms with Gasteiger partial charge in [0.1, 0.15) is 5.56 Å². The van der Waals surface area contributed by atoms with Crippen LogP contribution in [0.15, 0.2) is 22.6 Å². The van der Waals surface area contributed by atoms with Gasteiger partial charge in [0.15, 0.2) is 10.1 Å². The lowest BCUT2D eigenvalue weighted by molar-refractivity contribution is 0.102. The molecule has 0 atom stereocenters. The van der Waals surface area contributed by atoms with Crippen LogP contribution in [-0.2, 0) is 5.41 Å². The number of amides is 1. The second-order valence-electron chi connectivity index (χ2n) is 6.21. The van der Waals surface area contributed by atoms with E-state index in [0.29, 0.717) is 10.1 Å². The first-order valence-electron chi connectivity index (χ1n) is 7.01. The molecule has 0 fully saturated rings. The van der Waals surface area contributed by atoms with Crippen molar-refractivity contribution >= 4 is 38.7 Å². The molecule has 0 aromatic carbocycles. The maximum absolute atomic E-state index is 12.4. The molecule has 0 aliphatic rings. The van der Waals surface area contributed by atoms with E-state index in [0.717, 1.165) is 10.6 Å². The summed E-state index contributed by atoms with van der Waals surface area (Å²) in [5, 5.41) is 5.07. The first-order valence-corrected chi connectivity index (χ1v) is 8.70. The number of aromatic nitrogens is 3. The van der Waals surface area contributed by atoms with Gasteiger partial charge in [0.25, 0.3) is 11.5 Å². The molecule has 0 unspecified atom stereocenters. The smallest absolute Gasteiger partial charge is 0.271 e. The third kappa shape index (κ3) is 3.04. The molecule has 3 heterocycles. The highest BCUT2D eigenvalue weighted by molar-refractivity contribution is 7.16. The van der Waals surface area contributed by atoms with Crippen LogP contribution in [0.4, 0.5) is 5.13 Å². The number of nitrogens with one attached hydrogen (secondary N) is 1. The molecule has 120 valence electrons. The summed E-state index contributed by atoms with van der Waals surface area (Å²) in [6, 6.07) is 0. The summed E-state index contributed by atoms with van der Waals surface area (Å²) in [6.45, 7) is 8.05. The van der Waals surface area contributed by atoms with E-state index in [2.05, 4.69) is 36.1 Å². The molecule has 6 nitrogen and oxygen atoms in total. The maximum atomic E-state index is 12.4. The van der Waals surface area contributed by atoms with E-state index in [-0.39, 0.29) is 16.5 Å². The van der Waals surface area contributed by atoms with Gasteiger partial charge in [-0.25, -0.2) is 9.97 Å². The summed E-state index contributed by atoms with van der Waals surface area (Å²) in [7, 11) is 0. The minimum Gasteiger partial charge on any atom is -0.298 e. The Morgan fingerprint density at radius 1 is 1.35 bits per heavy atom. The van der Waals surface area contributed by atoms with Crippen LogP contribution in [0.5, 0.6) is 0 Å². The highest BCUT2D eigenvalue weighted by atomic mass is 32.1. The Hall–Kier alpha value is -2.06.